The topological polar surface area (TPSA) is 60.8 Å². The van der Waals surface area contributed by atoms with Gasteiger partial charge in [-0.1, -0.05) is 19.1 Å². The first kappa shape index (κ1) is 10.4. The number of aliphatic carboxylic acids is 1. The zero-order chi connectivity index (χ0) is 10.0. The van der Waals surface area contributed by atoms with E-state index < -0.39 is 18.1 Å². The Bertz CT molecular complexity index is 231. The van der Waals surface area contributed by atoms with Crippen LogP contribution in [0.4, 0.5) is 0 Å². The molecule has 0 aromatic rings. The van der Waals surface area contributed by atoms with Crippen LogP contribution in [-0.4, -0.2) is 44.8 Å². The van der Waals surface area contributed by atoms with Gasteiger partial charge in [0.1, 0.15) is 0 Å². The van der Waals surface area contributed by atoms with Gasteiger partial charge in [-0.05, 0) is 12.8 Å². The van der Waals surface area contributed by atoms with Crippen molar-refractivity contribution in [3.05, 3.63) is 0 Å². The van der Waals surface area contributed by atoms with Gasteiger partial charge in [0.2, 0.25) is 0 Å². The van der Waals surface area contributed by atoms with E-state index in [1.54, 1.807) is 4.90 Å². The molecule has 0 saturated carbocycles. The summed E-state index contributed by atoms with van der Waals surface area (Å²) in [4.78, 5) is 13.0. The molecule has 0 bridgehead atoms. The molecule has 5 heteroatoms. The Balaban J connectivity index is 2.75. The molecule has 0 spiro atoms. The Morgan fingerprint density at radius 3 is 2.77 bits per heavy atom. The zero-order valence-electron chi connectivity index (χ0n) is 7.43. The van der Waals surface area contributed by atoms with Gasteiger partial charge in [-0.2, -0.15) is 0 Å². The number of nitrogens with zero attached hydrogens (tertiary/aromatic N) is 1. The van der Waals surface area contributed by atoms with E-state index in [-0.39, 0.29) is 0 Å². The number of hydrogen-bond acceptors (Lipinski definition) is 3. The van der Waals surface area contributed by atoms with Gasteiger partial charge < -0.3 is 15.1 Å². The van der Waals surface area contributed by atoms with Crippen molar-refractivity contribution >= 4 is 23.2 Å². The van der Waals surface area contributed by atoms with Crippen LogP contribution < -0.4 is 0 Å². The van der Waals surface area contributed by atoms with E-state index in [1.807, 2.05) is 6.92 Å². The standard InChI is InChI=1S/C8H13NO3S/c1-2-6(13)9-4-3-5(10)7(9)8(11)12/h5,7,10H,2-4H2,1H3,(H,11,12)/t5?,7-/m0/s1. The maximum atomic E-state index is 10.8. The van der Waals surface area contributed by atoms with Crippen LogP contribution in [0.5, 0.6) is 0 Å². The van der Waals surface area contributed by atoms with E-state index in [4.69, 9.17) is 17.3 Å². The maximum Gasteiger partial charge on any atom is 0.329 e. The Morgan fingerprint density at radius 2 is 2.31 bits per heavy atom. The second-order valence-electron chi connectivity index (χ2n) is 3.08. The van der Waals surface area contributed by atoms with Gasteiger partial charge >= 0.3 is 5.97 Å². The average molecular weight is 203 g/mol. The van der Waals surface area contributed by atoms with Crippen molar-refractivity contribution in [2.75, 3.05) is 6.54 Å². The minimum absolute atomic E-state index is 0.483. The molecular weight excluding hydrogens is 190 g/mol. The lowest BCUT2D eigenvalue weighted by Gasteiger charge is -2.24. The molecule has 2 N–H and O–H groups in total. The smallest absolute Gasteiger partial charge is 0.329 e. The van der Waals surface area contributed by atoms with E-state index in [2.05, 4.69) is 0 Å². The number of carboxylic acids is 1. The van der Waals surface area contributed by atoms with Crippen LogP contribution >= 0.6 is 12.2 Å². The minimum Gasteiger partial charge on any atom is -0.480 e. The molecule has 1 fully saturated rings. The van der Waals surface area contributed by atoms with Crippen molar-refractivity contribution in [3.63, 3.8) is 0 Å². The summed E-state index contributed by atoms with van der Waals surface area (Å²) in [5, 5.41) is 18.2. The third kappa shape index (κ3) is 1.97. The quantitative estimate of drug-likeness (QED) is 0.630. The summed E-state index contributed by atoms with van der Waals surface area (Å²) in [7, 11) is 0. The van der Waals surface area contributed by atoms with Crippen LogP contribution in [0.1, 0.15) is 19.8 Å². The second kappa shape index (κ2) is 4.02. The predicted molar refractivity (Wildman–Crippen MR) is 51.6 cm³/mol. The Hall–Kier alpha value is -0.680. The van der Waals surface area contributed by atoms with Crippen LogP contribution in [0.15, 0.2) is 0 Å². The Labute approximate surface area is 82.2 Å². The summed E-state index contributed by atoms with van der Waals surface area (Å²) in [6, 6.07) is -0.840. The van der Waals surface area contributed by atoms with E-state index in [1.165, 1.54) is 0 Å². The van der Waals surface area contributed by atoms with Crippen LogP contribution in [0, 0.1) is 0 Å². The number of carboxylic acid groups (broad SMARTS) is 1. The van der Waals surface area contributed by atoms with Gasteiger partial charge in [-0.3, -0.25) is 0 Å². The maximum absolute atomic E-state index is 10.8. The minimum atomic E-state index is -0.999. The molecule has 2 atom stereocenters. The molecule has 1 unspecified atom stereocenters. The van der Waals surface area contributed by atoms with E-state index in [0.29, 0.717) is 24.4 Å². The number of aliphatic hydroxyl groups is 1. The highest BCUT2D eigenvalue weighted by Crippen LogP contribution is 2.19. The molecule has 0 radical (unpaired) electrons. The summed E-state index contributed by atoms with van der Waals surface area (Å²) in [6.07, 6.45) is 0.338. The summed E-state index contributed by atoms with van der Waals surface area (Å²) >= 11 is 5.02. The van der Waals surface area contributed by atoms with Gasteiger partial charge in [-0.25, -0.2) is 4.79 Å². The molecule has 0 aliphatic carbocycles. The van der Waals surface area contributed by atoms with E-state index >= 15 is 0 Å². The molecule has 13 heavy (non-hydrogen) atoms. The highest BCUT2D eigenvalue weighted by molar-refractivity contribution is 7.80. The largest absolute Gasteiger partial charge is 0.480 e. The van der Waals surface area contributed by atoms with Crippen molar-refractivity contribution < 1.29 is 15.0 Å². The molecule has 1 rings (SSSR count). The highest BCUT2D eigenvalue weighted by Gasteiger charge is 2.38. The fourth-order valence-corrected chi connectivity index (χ4v) is 1.76. The van der Waals surface area contributed by atoms with Crippen LogP contribution in [-0.2, 0) is 4.79 Å². The Morgan fingerprint density at radius 1 is 1.69 bits per heavy atom. The molecule has 0 aromatic carbocycles. The van der Waals surface area contributed by atoms with Crippen molar-refractivity contribution in [1.29, 1.82) is 0 Å². The first-order valence-electron chi connectivity index (χ1n) is 4.28. The molecule has 1 aliphatic heterocycles. The zero-order valence-corrected chi connectivity index (χ0v) is 8.25. The first-order chi connectivity index (χ1) is 6.07. The van der Waals surface area contributed by atoms with Gasteiger partial charge in [-0.15, -0.1) is 0 Å². The van der Waals surface area contributed by atoms with Crippen LogP contribution in [0.25, 0.3) is 0 Å². The Kier molecular flexibility index (Phi) is 3.22. The van der Waals surface area contributed by atoms with Gasteiger partial charge in [0.25, 0.3) is 0 Å². The third-order valence-corrected chi connectivity index (χ3v) is 2.77. The fourth-order valence-electron chi connectivity index (χ4n) is 1.56. The van der Waals surface area contributed by atoms with Crippen molar-refractivity contribution in [2.45, 2.75) is 31.9 Å². The number of thiocarbonyl (C=S) groups is 1. The molecule has 4 nitrogen and oxygen atoms in total. The van der Waals surface area contributed by atoms with E-state index in [0.717, 1.165) is 0 Å². The number of rotatable bonds is 2. The SMILES string of the molecule is CCC(=S)N1CCC(O)[C@H]1C(=O)O. The molecule has 0 aromatic heterocycles. The van der Waals surface area contributed by atoms with E-state index in [9.17, 15) is 9.90 Å². The number of carbonyl (C=O) groups is 1. The predicted octanol–water partition coefficient (Wildman–Crippen LogP) is 0.244. The molecular formula is C8H13NO3S. The molecule has 1 aliphatic rings. The molecule has 1 heterocycles. The molecule has 74 valence electrons. The summed E-state index contributed by atoms with van der Waals surface area (Å²) < 4.78 is 0. The first-order valence-corrected chi connectivity index (χ1v) is 4.69. The van der Waals surface area contributed by atoms with Gasteiger partial charge in [0, 0.05) is 6.54 Å². The lowest BCUT2D eigenvalue weighted by Crippen LogP contribution is -2.44. The number of likely N-dealkylation sites (tertiary alicyclic amines) is 1. The summed E-state index contributed by atoms with van der Waals surface area (Å²) in [5.74, 6) is -0.999. The molecule has 0 amide bonds. The highest BCUT2D eigenvalue weighted by atomic mass is 32.1. The number of aliphatic hydroxyl groups excluding tert-OH is 1. The lowest BCUT2D eigenvalue weighted by atomic mass is 10.2. The van der Waals surface area contributed by atoms with Crippen LogP contribution in [0.2, 0.25) is 0 Å². The normalized spacial score (nSPS) is 27.7. The second-order valence-corrected chi connectivity index (χ2v) is 3.55. The lowest BCUT2D eigenvalue weighted by molar-refractivity contribution is -0.143. The summed E-state index contributed by atoms with van der Waals surface area (Å²) in [5.41, 5.74) is 0. The monoisotopic (exact) mass is 203 g/mol. The third-order valence-electron chi connectivity index (χ3n) is 2.24. The fraction of sp³-hybridized carbons (Fsp3) is 0.750. The summed E-state index contributed by atoms with van der Waals surface area (Å²) in [6.45, 7) is 2.43. The average Bonchev–Trinajstić information content (AvgIpc) is 2.45. The van der Waals surface area contributed by atoms with Crippen molar-refractivity contribution in [1.82, 2.24) is 4.90 Å². The van der Waals surface area contributed by atoms with Crippen molar-refractivity contribution in [3.8, 4) is 0 Å². The van der Waals surface area contributed by atoms with Gasteiger partial charge in [0.05, 0.1) is 11.1 Å². The van der Waals surface area contributed by atoms with Crippen molar-refractivity contribution in [2.24, 2.45) is 0 Å². The van der Waals surface area contributed by atoms with Gasteiger partial charge in [0.15, 0.2) is 6.04 Å². The number of hydrogen-bond donors (Lipinski definition) is 2. The molecule has 1 saturated heterocycles. The van der Waals surface area contributed by atoms with Crippen LogP contribution in [0.3, 0.4) is 0 Å².